The molecule has 1 aromatic carbocycles. The third-order valence-electron chi connectivity index (χ3n) is 3.10. The first-order valence-corrected chi connectivity index (χ1v) is 5.64. The van der Waals surface area contributed by atoms with E-state index in [4.69, 9.17) is 10.4 Å². The number of carboxylic acid groups (broad SMARTS) is 1. The Bertz CT molecular complexity index is 470. The summed E-state index contributed by atoms with van der Waals surface area (Å²) in [7, 11) is 0. The minimum Gasteiger partial charge on any atom is -0.480 e. The van der Waals surface area contributed by atoms with Gasteiger partial charge in [-0.15, -0.1) is 12.4 Å². The molecule has 2 atom stereocenters. The first-order chi connectivity index (χ1) is 8.19. The molecule has 5 heteroatoms. The Morgan fingerprint density at radius 3 is 2.94 bits per heavy atom. The normalized spacial score (nSPS) is 21.9. The van der Waals surface area contributed by atoms with Crippen molar-refractivity contribution in [1.82, 2.24) is 5.32 Å². The second kappa shape index (κ2) is 6.39. The van der Waals surface area contributed by atoms with E-state index in [0.717, 1.165) is 18.5 Å². The van der Waals surface area contributed by atoms with Crippen LogP contribution in [-0.4, -0.2) is 23.7 Å². The van der Waals surface area contributed by atoms with Crippen LogP contribution in [0.2, 0.25) is 0 Å². The van der Waals surface area contributed by atoms with Crippen molar-refractivity contribution in [2.45, 2.75) is 18.9 Å². The highest BCUT2D eigenvalue weighted by atomic mass is 35.5. The zero-order chi connectivity index (χ0) is 12.3. The average Bonchev–Trinajstić information content (AvgIpc) is 2.78. The maximum absolute atomic E-state index is 10.8. The third kappa shape index (κ3) is 3.46. The van der Waals surface area contributed by atoms with Gasteiger partial charge in [0.2, 0.25) is 0 Å². The number of rotatable bonds is 3. The number of carboxylic acids is 1. The first kappa shape index (κ1) is 14.5. The lowest BCUT2D eigenvalue weighted by Gasteiger charge is -2.08. The number of nitrogens with zero attached hydrogens (tertiary/aromatic N) is 1. The van der Waals surface area contributed by atoms with Gasteiger partial charge in [0, 0.05) is 0 Å². The molecule has 0 amide bonds. The van der Waals surface area contributed by atoms with Crippen molar-refractivity contribution in [1.29, 1.82) is 5.26 Å². The fourth-order valence-electron chi connectivity index (χ4n) is 2.25. The number of hydrogen-bond acceptors (Lipinski definition) is 3. The minimum atomic E-state index is -0.779. The van der Waals surface area contributed by atoms with Crippen LogP contribution >= 0.6 is 12.4 Å². The van der Waals surface area contributed by atoms with Gasteiger partial charge in [0.15, 0.2) is 0 Å². The molecule has 0 aliphatic carbocycles. The number of hydrogen-bond donors (Lipinski definition) is 2. The molecular formula is C13H15ClN2O2. The largest absolute Gasteiger partial charge is 0.480 e. The molecule has 4 nitrogen and oxygen atoms in total. The summed E-state index contributed by atoms with van der Waals surface area (Å²) in [6.07, 6.45) is 1.48. The Kier molecular flexibility index (Phi) is 5.14. The average molecular weight is 267 g/mol. The monoisotopic (exact) mass is 266 g/mol. The summed E-state index contributed by atoms with van der Waals surface area (Å²) >= 11 is 0. The quantitative estimate of drug-likeness (QED) is 0.871. The van der Waals surface area contributed by atoms with Crippen molar-refractivity contribution in [3.05, 3.63) is 35.4 Å². The lowest BCUT2D eigenvalue weighted by molar-refractivity contribution is -0.139. The van der Waals surface area contributed by atoms with E-state index in [0.29, 0.717) is 17.9 Å². The van der Waals surface area contributed by atoms with Crippen LogP contribution in [0.25, 0.3) is 0 Å². The van der Waals surface area contributed by atoms with Crippen molar-refractivity contribution in [2.24, 2.45) is 5.92 Å². The van der Waals surface area contributed by atoms with Crippen molar-refractivity contribution < 1.29 is 9.90 Å². The molecule has 2 N–H and O–H groups in total. The topological polar surface area (TPSA) is 73.1 Å². The maximum atomic E-state index is 10.8. The summed E-state index contributed by atoms with van der Waals surface area (Å²) in [5, 5.41) is 20.7. The van der Waals surface area contributed by atoms with E-state index in [1.807, 2.05) is 18.2 Å². The third-order valence-corrected chi connectivity index (χ3v) is 3.10. The molecular weight excluding hydrogens is 252 g/mol. The Hall–Kier alpha value is -1.57. The lowest BCUT2D eigenvalue weighted by Crippen LogP contribution is -2.29. The van der Waals surface area contributed by atoms with E-state index in [1.54, 1.807) is 6.07 Å². The van der Waals surface area contributed by atoms with E-state index >= 15 is 0 Å². The van der Waals surface area contributed by atoms with Crippen molar-refractivity contribution in [2.75, 3.05) is 6.54 Å². The summed E-state index contributed by atoms with van der Waals surface area (Å²) in [5.41, 5.74) is 1.75. The molecule has 0 radical (unpaired) electrons. The highest BCUT2D eigenvalue weighted by Crippen LogP contribution is 2.19. The van der Waals surface area contributed by atoms with Gasteiger partial charge >= 0.3 is 5.97 Å². The van der Waals surface area contributed by atoms with Crippen LogP contribution < -0.4 is 5.32 Å². The van der Waals surface area contributed by atoms with E-state index in [-0.39, 0.29) is 12.4 Å². The second-order valence-corrected chi connectivity index (χ2v) is 4.42. The number of halogens is 1. The fraction of sp³-hybridized carbons (Fsp3) is 0.385. The maximum Gasteiger partial charge on any atom is 0.320 e. The predicted molar refractivity (Wildman–Crippen MR) is 69.6 cm³/mol. The molecule has 1 heterocycles. The summed E-state index contributed by atoms with van der Waals surface area (Å²) < 4.78 is 0. The van der Waals surface area contributed by atoms with Crippen LogP contribution in [0.15, 0.2) is 24.3 Å². The van der Waals surface area contributed by atoms with Gasteiger partial charge in [-0.2, -0.15) is 5.26 Å². The molecule has 1 aliphatic heterocycles. The summed E-state index contributed by atoms with van der Waals surface area (Å²) in [6.45, 7) is 0.730. The van der Waals surface area contributed by atoms with Crippen molar-refractivity contribution >= 4 is 18.4 Å². The van der Waals surface area contributed by atoms with E-state index in [9.17, 15) is 4.79 Å². The summed E-state index contributed by atoms with van der Waals surface area (Å²) in [5.74, 6) is -0.441. The Labute approximate surface area is 112 Å². The lowest BCUT2D eigenvalue weighted by atomic mass is 9.96. The highest BCUT2D eigenvalue weighted by Gasteiger charge is 2.28. The molecule has 2 unspecified atom stereocenters. The molecule has 1 aromatic rings. The Balaban J connectivity index is 0.00000162. The second-order valence-electron chi connectivity index (χ2n) is 4.42. The van der Waals surface area contributed by atoms with Gasteiger partial charge in [0.05, 0.1) is 11.6 Å². The molecule has 0 bridgehead atoms. The van der Waals surface area contributed by atoms with Gasteiger partial charge < -0.3 is 10.4 Å². The van der Waals surface area contributed by atoms with Crippen LogP contribution in [0.4, 0.5) is 0 Å². The standard InChI is InChI=1S/C13H14N2O2.ClH/c14-7-10-3-1-2-9(4-10)5-11-6-12(13(16)17)15-8-11;/h1-4,11-12,15H,5-6,8H2,(H,16,17);1H. The van der Waals surface area contributed by atoms with Gasteiger partial charge in [-0.05, 0) is 43.0 Å². The van der Waals surface area contributed by atoms with Crippen molar-refractivity contribution in [3.63, 3.8) is 0 Å². The van der Waals surface area contributed by atoms with Crippen molar-refractivity contribution in [3.8, 4) is 6.07 Å². The van der Waals surface area contributed by atoms with E-state index in [1.165, 1.54) is 0 Å². The fourth-order valence-corrected chi connectivity index (χ4v) is 2.25. The number of benzene rings is 1. The molecule has 1 aliphatic rings. The molecule has 0 spiro atoms. The zero-order valence-corrected chi connectivity index (χ0v) is 10.6. The zero-order valence-electron chi connectivity index (χ0n) is 9.80. The van der Waals surface area contributed by atoms with Gasteiger partial charge in [-0.25, -0.2) is 0 Å². The van der Waals surface area contributed by atoms with Gasteiger partial charge in [0.25, 0.3) is 0 Å². The highest BCUT2D eigenvalue weighted by molar-refractivity contribution is 5.85. The van der Waals surface area contributed by atoms with E-state index < -0.39 is 12.0 Å². The van der Waals surface area contributed by atoms with Gasteiger partial charge in [-0.1, -0.05) is 12.1 Å². The minimum absolute atomic E-state index is 0. The number of nitriles is 1. The molecule has 96 valence electrons. The molecule has 0 aromatic heterocycles. The number of nitrogens with one attached hydrogen (secondary N) is 1. The predicted octanol–water partition coefficient (Wildman–Crippen LogP) is 1.59. The van der Waals surface area contributed by atoms with Crippen LogP contribution in [0.1, 0.15) is 17.5 Å². The number of aliphatic carboxylic acids is 1. The molecule has 18 heavy (non-hydrogen) atoms. The molecule has 2 rings (SSSR count). The van der Waals surface area contributed by atoms with Gasteiger partial charge in [0.1, 0.15) is 6.04 Å². The summed E-state index contributed by atoms with van der Waals surface area (Å²) in [4.78, 5) is 10.8. The molecule has 1 fully saturated rings. The number of carbonyl (C=O) groups is 1. The van der Waals surface area contributed by atoms with E-state index in [2.05, 4.69) is 11.4 Å². The molecule has 0 saturated carbocycles. The van der Waals surface area contributed by atoms with Crippen LogP contribution in [0.3, 0.4) is 0 Å². The summed E-state index contributed by atoms with van der Waals surface area (Å²) in [6, 6.07) is 9.18. The van der Waals surface area contributed by atoms with Crippen LogP contribution in [0, 0.1) is 17.2 Å². The SMILES string of the molecule is Cl.N#Cc1cccc(CC2CNC(C(=O)O)C2)c1. The first-order valence-electron chi connectivity index (χ1n) is 5.64. The van der Waals surface area contributed by atoms with Crippen LogP contribution in [0.5, 0.6) is 0 Å². The Morgan fingerprint density at radius 2 is 2.33 bits per heavy atom. The van der Waals surface area contributed by atoms with Crippen LogP contribution in [-0.2, 0) is 11.2 Å². The van der Waals surface area contributed by atoms with Gasteiger partial charge in [-0.3, -0.25) is 4.79 Å². The smallest absolute Gasteiger partial charge is 0.320 e. The molecule has 1 saturated heterocycles. The Morgan fingerprint density at radius 1 is 1.56 bits per heavy atom.